The second-order valence-electron chi connectivity index (χ2n) is 11.2. The van der Waals surface area contributed by atoms with Crippen LogP contribution in [-0.4, -0.2) is 45.3 Å². The first-order valence-electron chi connectivity index (χ1n) is 12.4. The van der Waals surface area contributed by atoms with Crippen LogP contribution in [0.15, 0.2) is 47.7 Å². The Morgan fingerprint density at radius 3 is 2.69 bits per heavy atom. The Kier molecular flexibility index (Phi) is 5.97. The number of nitrogens with one attached hydrogen (secondary N) is 2. The maximum absolute atomic E-state index is 13.9. The third kappa shape index (κ3) is 5.20. The molecule has 0 saturated heterocycles. The lowest BCUT2D eigenvalue weighted by molar-refractivity contribution is -0.130. The van der Waals surface area contributed by atoms with Crippen LogP contribution >= 0.6 is 0 Å². The van der Waals surface area contributed by atoms with E-state index in [9.17, 15) is 14.0 Å². The van der Waals surface area contributed by atoms with Gasteiger partial charge in [0, 0.05) is 42.5 Å². The summed E-state index contributed by atoms with van der Waals surface area (Å²) in [5, 5.41) is 6.37. The molecule has 3 aliphatic rings. The number of aliphatic imine (C=N–C) groups is 1. The molecule has 8 nitrogen and oxygen atoms in total. The van der Waals surface area contributed by atoms with Gasteiger partial charge in [-0.3, -0.25) is 19.5 Å². The largest absolute Gasteiger partial charge is 0.487 e. The van der Waals surface area contributed by atoms with Crippen LogP contribution in [0, 0.1) is 17.7 Å². The predicted octanol–water partition coefficient (Wildman–Crippen LogP) is 4.05. The number of nitrogens with zero attached hydrogens (tertiary/aromatic N) is 3. The standard InChI is InChI=1S/C27H32FN5O3/c1-26(2)14-23(34)33(25(32-26)30-18-7-9-29-10-8-18)15-16-11-19(16)24(35)31-21-13-27(3,4)36-22-6-5-17(28)12-20(21)22/h5-10,12,16,19,21H,11,13-15H2,1-4H3,(H,31,35)(H,29,30,32)/t16-,19+,21?/m0/s1. The van der Waals surface area contributed by atoms with Gasteiger partial charge in [-0.1, -0.05) is 0 Å². The van der Waals surface area contributed by atoms with Crippen LogP contribution in [0.2, 0.25) is 0 Å². The van der Waals surface area contributed by atoms with Gasteiger partial charge in [-0.25, -0.2) is 9.38 Å². The third-order valence-electron chi connectivity index (χ3n) is 6.91. The highest BCUT2D eigenvalue weighted by Gasteiger charge is 2.47. The Morgan fingerprint density at radius 1 is 1.19 bits per heavy atom. The second-order valence-corrected chi connectivity index (χ2v) is 11.2. The van der Waals surface area contributed by atoms with E-state index in [1.807, 2.05) is 39.8 Å². The van der Waals surface area contributed by atoms with Crippen molar-refractivity contribution in [1.82, 2.24) is 15.2 Å². The highest BCUT2D eigenvalue weighted by atomic mass is 19.1. The number of anilines is 1. The van der Waals surface area contributed by atoms with Crippen LogP contribution in [0.3, 0.4) is 0 Å². The fourth-order valence-electron chi connectivity index (χ4n) is 5.06. The molecule has 1 unspecified atom stereocenters. The van der Waals surface area contributed by atoms with Gasteiger partial charge in [0.1, 0.15) is 17.2 Å². The highest BCUT2D eigenvalue weighted by molar-refractivity contribution is 6.06. The summed E-state index contributed by atoms with van der Waals surface area (Å²) in [4.78, 5) is 36.7. The van der Waals surface area contributed by atoms with Crippen LogP contribution in [0.25, 0.3) is 0 Å². The number of benzene rings is 1. The van der Waals surface area contributed by atoms with Crippen molar-refractivity contribution in [3.05, 3.63) is 54.1 Å². The van der Waals surface area contributed by atoms with E-state index < -0.39 is 11.1 Å². The molecule has 3 atom stereocenters. The van der Waals surface area contributed by atoms with Crippen LogP contribution < -0.4 is 15.4 Å². The van der Waals surface area contributed by atoms with Crippen LogP contribution in [-0.2, 0) is 9.59 Å². The molecule has 2 aromatic rings. The molecule has 9 heteroatoms. The van der Waals surface area contributed by atoms with E-state index in [4.69, 9.17) is 9.73 Å². The van der Waals surface area contributed by atoms with E-state index >= 15 is 0 Å². The molecule has 1 fully saturated rings. The van der Waals surface area contributed by atoms with E-state index in [0.717, 1.165) is 5.69 Å². The van der Waals surface area contributed by atoms with Crippen molar-refractivity contribution < 1.29 is 18.7 Å². The molecule has 1 saturated carbocycles. The van der Waals surface area contributed by atoms with Gasteiger partial charge in [-0.2, -0.15) is 0 Å². The molecule has 3 heterocycles. The molecular formula is C27H32FN5O3. The summed E-state index contributed by atoms with van der Waals surface area (Å²) in [5.74, 6) is 0.438. The first kappa shape index (κ1) is 24.2. The van der Waals surface area contributed by atoms with E-state index in [2.05, 4.69) is 15.6 Å². The molecule has 2 N–H and O–H groups in total. The molecule has 0 spiro atoms. The van der Waals surface area contributed by atoms with Crippen molar-refractivity contribution in [3.8, 4) is 5.75 Å². The number of amides is 2. The van der Waals surface area contributed by atoms with Crippen molar-refractivity contribution in [2.45, 2.75) is 64.1 Å². The topological polar surface area (TPSA) is 95.9 Å². The summed E-state index contributed by atoms with van der Waals surface area (Å²) in [6.45, 7) is 8.19. The maximum Gasteiger partial charge on any atom is 0.231 e. The average Bonchev–Trinajstić information content (AvgIpc) is 3.56. The number of ether oxygens (including phenoxy) is 1. The van der Waals surface area contributed by atoms with E-state index in [-0.39, 0.29) is 35.5 Å². The van der Waals surface area contributed by atoms with Gasteiger partial charge < -0.3 is 15.4 Å². The highest BCUT2D eigenvalue weighted by Crippen LogP contribution is 2.43. The molecule has 1 aromatic carbocycles. The number of guanidine groups is 1. The van der Waals surface area contributed by atoms with Gasteiger partial charge in [-0.15, -0.1) is 0 Å². The number of halogens is 1. The van der Waals surface area contributed by atoms with Gasteiger partial charge in [0.05, 0.1) is 18.0 Å². The normalized spacial score (nSPS) is 25.8. The lowest BCUT2D eigenvalue weighted by Crippen LogP contribution is -2.50. The minimum atomic E-state index is -0.512. The molecular weight excluding hydrogens is 461 g/mol. The van der Waals surface area contributed by atoms with Gasteiger partial charge in [0.15, 0.2) is 0 Å². The van der Waals surface area contributed by atoms with Crippen molar-refractivity contribution in [2.24, 2.45) is 16.8 Å². The van der Waals surface area contributed by atoms with Gasteiger partial charge in [-0.05, 0) is 70.4 Å². The Labute approximate surface area is 210 Å². The zero-order chi connectivity index (χ0) is 25.7. The summed E-state index contributed by atoms with van der Waals surface area (Å²) in [7, 11) is 0. The van der Waals surface area contributed by atoms with Gasteiger partial charge in [0.25, 0.3) is 0 Å². The Balaban J connectivity index is 1.27. The fourth-order valence-corrected chi connectivity index (χ4v) is 5.06. The summed E-state index contributed by atoms with van der Waals surface area (Å²) in [5.41, 5.74) is 0.450. The fraction of sp³-hybridized carbons (Fsp3) is 0.481. The number of pyridine rings is 1. The van der Waals surface area contributed by atoms with Crippen molar-refractivity contribution in [1.29, 1.82) is 0 Å². The SMILES string of the molecule is CC1(C)CC(=O)N(C[C@@H]2C[C@H]2C(=O)NC2CC(C)(C)Oc3ccc(F)cc32)C(Nc2ccncc2)=N1. The maximum atomic E-state index is 13.9. The van der Waals surface area contributed by atoms with Gasteiger partial charge in [0.2, 0.25) is 17.8 Å². The van der Waals surface area contributed by atoms with Crippen molar-refractivity contribution >= 4 is 23.5 Å². The average molecular weight is 494 g/mol. The number of carbonyl (C=O) groups excluding carboxylic acids is 2. The monoisotopic (exact) mass is 493 g/mol. The predicted molar refractivity (Wildman–Crippen MR) is 134 cm³/mol. The number of hydrogen-bond acceptors (Lipinski definition) is 6. The van der Waals surface area contributed by atoms with Crippen molar-refractivity contribution in [2.75, 3.05) is 11.9 Å². The van der Waals surface area contributed by atoms with Crippen LogP contribution in [0.5, 0.6) is 5.75 Å². The molecule has 0 bridgehead atoms. The lowest BCUT2D eigenvalue weighted by Gasteiger charge is -2.38. The molecule has 2 aliphatic heterocycles. The molecule has 0 radical (unpaired) electrons. The summed E-state index contributed by atoms with van der Waals surface area (Å²) in [6, 6.07) is 7.71. The molecule has 190 valence electrons. The number of fused-ring (bicyclic) bond motifs is 1. The number of aromatic nitrogens is 1. The Morgan fingerprint density at radius 2 is 1.94 bits per heavy atom. The Bertz CT molecular complexity index is 1210. The Hall–Kier alpha value is -3.49. The summed E-state index contributed by atoms with van der Waals surface area (Å²) < 4.78 is 19.9. The molecule has 1 aliphatic carbocycles. The summed E-state index contributed by atoms with van der Waals surface area (Å²) in [6.07, 6.45) is 4.87. The summed E-state index contributed by atoms with van der Waals surface area (Å²) >= 11 is 0. The molecule has 36 heavy (non-hydrogen) atoms. The first-order valence-corrected chi connectivity index (χ1v) is 12.4. The third-order valence-corrected chi connectivity index (χ3v) is 6.91. The van der Waals surface area contributed by atoms with Crippen LogP contribution in [0.1, 0.15) is 58.6 Å². The van der Waals surface area contributed by atoms with Crippen LogP contribution in [0.4, 0.5) is 10.1 Å². The minimum absolute atomic E-state index is 0.0202. The van der Waals surface area contributed by atoms with E-state index in [0.29, 0.717) is 43.1 Å². The first-order chi connectivity index (χ1) is 17.0. The molecule has 2 amide bonds. The second kappa shape index (κ2) is 8.87. The zero-order valence-corrected chi connectivity index (χ0v) is 21.0. The quantitative estimate of drug-likeness (QED) is 0.655. The van der Waals surface area contributed by atoms with E-state index in [1.54, 1.807) is 23.4 Å². The molecule has 1 aromatic heterocycles. The molecule has 5 rings (SSSR count). The van der Waals surface area contributed by atoms with E-state index in [1.165, 1.54) is 12.1 Å². The minimum Gasteiger partial charge on any atom is -0.487 e. The number of carbonyl (C=O) groups is 2. The number of rotatable bonds is 5. The smallest absolute Gasteiger partial charge is 0.231 e. The van der Waals surface area contributed by atoms with Crippen molar-refractivity contribution in [3.63, 3.8) is 0 Å². The lowest BCUT2D eigenvalue weighted by atomic mass is 9.89. The zero-order valence-electron chi connectivity index (χ0n) is 21.0. The number of hydrogen-bond donors (Lipinski definition) is 2. The van der Waals surface area contributed by atoms with Gasteiger partial charge >= 0.3 is 0 Å².